The number of amides is 1. The van der Waals surface area contributed by atoms with E-state index in [9.17, 15) is 13.2 Å². The van der Waals surface area contributed by atoms with Gasteiger partial charge in [0.15, 0.2) is 0 Å². The normalized spacial score (nSPS) is 24.4. The number of hydrogen-bond acceptors (Lipinski definition) is 4. The van der Waals surface area contributed by atoms with Crippen LogP contribution >= 0.6 is 0 Å². The van der Waals surface area contributed by atoms with E-state index in [0.717, 1.165) is 44.5 Å². The SMILES string of the molecule is CCCN1C[C@H]2CC[C@@H]1CN(C(=O)c1cc(S(N)(=O)=O)ccc1C)C2. The van der Waals surface area contributed by atoms with Gasteiger partial charge in [-0.05, 0) is 56.3 Å². The van der Waals surface area contributed by atoms with Gasteiger partial charge in [-0.25, -0.2) is 13.6 Å². The van der Waals surface area contributed by atoms with Crippen molar-refractivity contribution in [2.75, 3.05) is 26.2 Å². The maximum Gasteiger partial charge on any atom is 0.254 e. The molecule has 1 aromatic rings. The highest BCUT2D eigenvalue weighted by molar-refractivity contribution is 7.89. The molecule has 3 fully saturated rings. The van der Waals surface area contributed by atoms with Gasteiger partial charge in [0.25, 0.3) is 5.91 Å². The van der Waals surface area contributed by atoms with Crippen LogP contribution in [0.15, 0.2) is 23.1 Å². The standard InChI is InChI=1S/C18H27N3O3S/c1-3-8-20-10-14-5-6-15(20)12-21(11-14)18(22)17-9-16(25(19,23)24)7-4-13(17)2/h4,7,9,14-15H,3,5-6,8,10-12H2,1-2H3,(H2,19,23,24)/t14-,15-/m1/s1. The lowest BCUT2D eigenvalue weighted by molar-refractivity contribution is 0.0737. The minimum Gasteiger partial charge on any atom is -0.337 e. The monoisotopic (exact) mass is 365 g/mol. The second-order valence-corrected chi connectivity index (χ2v) is 8.89. The van der Waals surface area contributed by atoms with E-state index >= 15 is 0 Å². The van der Waals surface area contributed by atoms with Crippen molar-refractivity contribution in [1.82, 2.24) is 9.80 Å². The van der Waals surface area contributed by atoms with Crippen molar-refractivity contribution in [2.45, 2.75) is 44.0 Å². The van der Waals surface area contributed by atoms with Gasteiger partial charge in [-0.15, -0.1) is 0 Å². The maximum absolute atomic E-state index is 13.1. The number of primary sulfonamides is 1. The van der Waals surface area contributed by atoms with Gasteiger partial charge in [0.1, 0.15) is 0 Å². The Morgan fingerprint density at radius 1 is 1.24 bits per heavy atom. The van der Waals surface area contributed by atoms with Crippen LogP contribution in [0.3, 0.4) is 0 Å². The molecular formula is C18H27N3O3S. The molecule has 2 bridgehead atoms. The zero-order valence-electron chi connectivity index (χ0n) is 14.9. The Hall–Kier alpha value is -1.44. The van der Waals surface area contributed by atoms with Gasteiger partial charge in [0, 0.05) is 31.2 Å². The van der Waals surface area contributed by atoms with Gasteiger partial charge in [-0.2, -0.15) is 0 Å². The summed E-state index contributed by atoms with van der Waals surface area (Å²) in [6.45, 7) is 7.60. The maximum atomic E-state index is 13.1. The first-order valence-electron chi connectivity index (χ1n) is 8.96. The third kappa shape index (κ3) is 3.88. The fraction of sp³-hybridized carbons (Fsp3) is 0.611. The Morgan fingerprint density at radius 2 is 2.00 bits per heavy atom. The summed E-state index contributed by atoms with van der Waals surface area (Å²) in [5.74, 6) is 0.411. The quantitative estimate of drug-likeness (QED) is 0.878. The topological polar surface area (TPSA) is 83.7 Å². The number of hydrogen-bond donors (Lipinski definition) is 1. The minimum atomic E-state index is -3.82. The van der Waals surface area contributed by atoms with Gasteiger partial charge in [0.05, 0.1) is 4.90 Å². The second kappa shape index (κ2) is 7.05. The summed E-state index contributed by atoms with van der Waals surface area (Å²) < 4.78 is 23.3. The van der Waals surface area contributed by atoms with E-state index in [1.165, 1.54) is 12.1 Å². The van der Waals surface area contributed by atoms with Crippen molar-refractivity contribution in [3.8, 4) is 0 Å². The van der Waals surface area contributed by atoms with Crippen molar-refractivity contribution >= 4 is 15.9 Å². The average molecular weight is 365 g/mol. The summed E-state index contributed by atoms with van der Waals surface area (Å²) in [6.07, 6.45) is 3.40. The van der Waals surface area contributed by atoms with E-state index < -0.39 is 10.0 Å². The molecule has 25 heavy (non-hydrogen) atoms. The van der Waals surface area contributed by atoms with Crippen LogP contribution in [-0.4, -0.2) is 56.3 Å². The number of sulfonamides is 1. The van der Waals surface area contributed by atoms with Crippen LogP contribution in [-0.2, 0) is 10.0 Å². The number of carbonyl (C=O) groups is 1. The van der Waals surface area contributed by atoms with Crippen LogP contribution in [0.1, 0.15) is 42.1 Å². The molecule has 0 aliphatic carbocycles. The van der Waals surface area contributed by atoms with Crippen LogP contribution in [0.5, 0.6) is 0 Å². The second-order valence-electron chi connectivity index (χ2n) is 7.32. The van der Waals surface area contributed by atoms with Gasteiger partial charge in [0.2, 0.25) is 10.0 Å². The minimum absolute atomic E-state index is 0.00754. The Balaban J connectivity index is 1.86. The molecule has 3 heterocycles. The van der Waals surface area contributed by atoms with E-state index in [1.54, 1.807) is 6.07 Å². The lowest BCUT2D eigenvalue weighted by atomic mass is 9.95. The molecule has 3 saturated heterocycles. The predicted octanol–water partition coefficient (Wildman–Crippen LogP) is 1.59. The van der Waals surface area contributed by atoms with Gasteiger partial charge in [-0.3, -0.25) is 9.69 Å². The van der Waals surface area contributed by atoms with Crippen molar-refractivity contribution in [1.29, 1.82) is 0 Å². The van der Waals surface area contributed by atoms with Crippen LogP contribution in [0, 0.1) is 12.8 Å². The van der Waals surface area contributed by atoms with Crippen molar-refractivity contribution in [2.24, 2.45) is 11.1 Å². The fourth-order valence-corrected chi connectivity index (χ4v) is 4.62. The molecule has 0 unspecified atom stereocenters. The van der Waals surface area contributed by atoms with Crippen LogP contribution < -0.4 is 5.14 Å². The molecule has 1 aromatic carbocycles. The number of nitrogens with zero attached hydrogens (tertiary/aromatic N) is 2. The van der Waals surface area contributed by atoms with Crippen molar-refractivity contribution in [3.05, 3.63) is 29.3 Å². The summed E-state index contributed by atoms with van der Waals surface area (Å²) in [7, 11) is -3.82. The molecule has 0 radical (unpaired) electrons. The smallest absolute Gasteiger partial charge is 0.254 e. The molecule has 0 spiro atoms. The number of carbonyl (C=O) groups excluding carboxylic acids is 1. The van der Waals surface area contributed by atoms with Crippen molar-refractivity contribution in [3.63, 3.8) is 0 Å². The lowest BCUT2D eigenvalue weighted by Crippen LogP contribution is -2.44. The predicted molar refractivity (Wildman–Crippen MR) is 96.8 cm³/mol. The van der Waals surface area contributed by atoms with Gasteiger partial charge in [-0.1, -0.05) is 13.0 Å². The number of piperidine rings is 1. The van der Waals surface area contributed by atoms with E-state index in [1.807, 2.05) is 11.8 Å². The van der Waals surface area contributed by atoms with E-state index in [-0.39, 0.29) is 10.8 Å². The summed E-state index contributed by atoms with van der Waals surface area (Å²) >= 11 is 0. The molecule has 138 valence electrons. The Kier molecular flexibility index (Phi) is 5.18. The molecule has 6 nitrogen and oxygen atoms in total. The molecule has 3 aliphatic heterocycles. The molecule has 7 heteroatoms. The van der Waals surface area contributed by atoms with Gasteiger partial charge >= 0.3 is 0 Å². The first kappa shape index (κ1) is 18.4. The molecule has 1 amide bonds. The summed E-state index contributed by atoms with van der Waals surface area (Å²) in [5.41, 5.74) is 1.22. The zero-order valence-corrected chi connectivity index (χ0v) is 15.8. The molecule has 0 saturated carbocycles. The number of fused-ring (bicyclic) bond motifs is 4. The fourth-order valence-electron chi connectivity index (χ4n) is 4.08. The summed E-state index contributed by atoms with van der Waals surface area (Å²) in [5, 5.41) is 5.23. The molecule has 4 rings (SSSR count). The zero-order chi connectivity index (χ0) is 18.2. The Morgan fingerprint density at radius 3 is 2.68 bits per heavy atom. The number of rotatable bonds is 4. The molecule has 2 N–H and O–H groups in total. The number of nitrogens with two attached hydrogens (primary N) is 1. The molecule has 3 aliphatic rings. The highest BCUT2D eigenvalue weighted by Crippen LogP contribution is 2.29. The first-order valence-corrected chi connectivity index (χ1v) is 10.5. The molecule has 0 aromatic heterocycles. The highest BCUT2D eigenvalue weighted by atomic mass is 32.2. The van der Waals surface area contributed by atoms with E-state index in [2.05, 4.69) is 11.8 Å². The Labute approximate surface area is 150 Å². The summed E-state index contributed by atoms with van der Waals surface area (Å²) in [4.78, 5) is 17.5. The van der Waals surface area contributed by atoms with Gasteiger partial charge < -0.3 is 4.90 Å². The average Bonchev–Trinajstić information content (AvgIpc) is 2.85. The largest absolute Gasteiger partial charge is 0.337 e. The molecule has 2 atom stereocenters. The van der Waals surface area contributed by atoms with E-state index in [4.69, 9.17) is 5.14 Å². The lowest BCUT2D eigenvalue weighted by Gasteiger charge is -2.35. The summed E-state index contributed by atoms with van der Waals surface area (Å²) in [6, 6.07) is 4.94. The third-order valence-electron chi connectivity index (χ3n) is 5.39. The van der Waals surface area contributed by atoms with Crippen LogP contribution in [0.4, 0.5) is 0 Å². The number of benzene rings is 1. The first-order chi connectivity index (χ1) is 11.8. The van der Waals surface area contributed by atoms with E-state index in [0.29, 0.717) is 24.1 Å². The number of aryl methyl sites for hydroxylation is 1. The molecular weight excluding hydrogens is 338 g/mol. The van der Waals surface area contributed by atoms with Crippen LogP contribution in [0.25, 0.3) is 0 Å². The Bertz CT molecular complexity index is 763. The van der Waals surface area contributed by atoms with Crippen LogP contribution in [0.2, 0.25) is 0 Å². The third-order valence-corrected chi connectivity index (χ3v) is 6.30. The van der Waals surface area contributed by atoms with Crippen molar-refractivity contribution < 1.29 is 13.2 Å². The highest BCUT2D eigenvalue weighted by Gasteiger charge is 2.36.